The standard InChI is InChI=1S/C19H18NO7PS2/c1-9-15-13-14(19(24)20(18(13)23)10-5-3-2-4-6-10)17(26-15)16(9)25-11(21)7-8-12(22)27-30(28)29/h2-6,9,13-17H,7-8H2,1H3/t9?,13-,14?,15-,16?,17?/m1/s1. The molecule has 6 atom stereocenters. The molecule has 1 aromatic carbocycles. The van der Waals surface area contributed by atoms with Crippen LogP contribution in [0.15, 0.2) is 30.3 Å². The molecule has 0 saturated carbocycles. The summed E-state index contributed by atoms with van der Waals surface area (Å²) in [6, 6.07) is 8.74. The van der Waals surface area contributed by atoms with Gasteiger partial charge in [0.2, 0.25) is 0 Å². The van der Waals surface area contributed by atoms with Gasteiger partial charge in [-0.25, -0.2) is 0 Å². The van der Waals surface area contributed by atoms with Crippen LogP contribution in [-0.2, 0) is 52.7 Å². The Kier molecular flexibility index (Phi) is 5.94. The zero-order chi connectivity index (χ0) is 21.6. The van der Waals surface area contributed by atoms with E-state index in [9.17, 15) is 19.2 Å². The summed E-state index contributed by atoms with van der Waals surface area (Å²) < 4.78 is 16.2. The molecule has 0 N–H and O–H groups in total. The van der Waals surface area contributed by atoms with Crippen molar-refractivity contribution in [1.29, 1.82) is 0 Å². The van der Waals surface area contributed by atoms with Crippen molar-refractivity contribution in [1.82, 2.24) is 0 Å². The zero-order valence-electron chi connectivity index (χ0n) is 15.8. The van der Waals surface area contributed by atoms with Crippen LogP contribution >= 0.6 is 7.81 Å². The molecule has 0 spiro atoms. The van der Waals surface area contributed by atoms with E-state index in [0.29, 0.717) is 5.69 Å². The summed E-state index contributed by atoms with van der Waals surface area (Å²) in [4.78, 5) is 51.0. The molecule has 3 saturated heterocycles. The summed E-state index contributed by atoms with van der Waals surface area (Å²) in [5.74, 6) is -3.38. The molecule has 0 aliphatic carbocycles. The van der Waals surface area contributed by atoms with Crippen molar-refractivity contribution in [2.75, 3.05) is 4.90 Å². The number of benzene rings is 1. The molecule has 2 bridgehead atoms. The quantitative estimate of drug-likeness (QED) is 0.367. The molecule has 30 heavy (non-hydrogen) atoms. The Morgan fingerprint density at radius 3 is 2.33 bits per heavy atom. The van der Waals surface area contributed by atoms with E-state index >= 15 is 0 Å². The molecule has 158 valence electrons. The number of rotatable bonds is 5. The van der Waals surface area contributed by atoms with Gasteiger partial charge in [0.25, 0.3) is 0 Å². The van der Waals surface area contributed by atoms with E-state index in [1.165, 1.54) is 4.90 Å². The Balaban J connectivity index is 1.45. The van der Waals surface area contributed by atoms with Gasteiger partial charge in [0.05, 0.1) is 5.69 Å². The molecule has 0 radical (unpaired) electrons. The molecule has 4 unspecified atom stereocenters. The van der Waals surface area contributed by atoms with Gasteiger partial charge in [-0.1, -0.05) is 18.2 Å². The van der Waals surface area contributed by atoms with Crippen LogP contribution < -0.4 is 4.90 Å². The summed E-state index contributed by atoms with van der Waals surface area (Å²) in [6.07, 6.45) is -2.21. The second-order valence-electron chi connectivity index (χ2n) is 7.45. The number of ether oxygens (including phenoxy) is 2. The van der Waals surface area contributed by atoms with Gasteiger partial charge in [0.15, 0.2) is 0 Å². The van der Waals surface area contributed by atoms with Crippen LogP contribution in [0.5, 0.6) is 0 Å². The van der Waals surface area contributed by atoms with E-state index < -0.39 is 50.8 Å². The Morgan fingerprint density at radius 2 is 1.70 bits per heavy atom. The van der Waals surface area contributed by atoms with Crippen LogP contribution in [0.2, 0.25) is 0 Å². The topological polar surface area (TPSA) is 99.2 Å². The maximum absolute atomic E-state index is 13.1. The number of fused-ring (bicyclic) bond motifs is 5. The monoisotopic (exact) mass is 467 g/mol. The Labute approximate surface area is 181 Å². The number of amides is 2. The molecule has 4 rings (SSSR count). The molecule has 3 fully saturated rings. The first kappa shape index (κ1) is 21.4. The molecule has 1 aromatic rings. The maximum atomic E-state index is 13.1. The fourth-order valence-corrected chi connectivity index (χ4v) is 5.23. The minimum atomic E-state index is -1.22. The van der Waals surface area contributed by atoms with Crippen molar-refractivity contribution in [3.63, 3.8) is 0 Å². The van der Waals surface area contributed by atoms with Gasteiger partial charge in [0, 0.05) is 0 Å². The van der Waals surface area contributed by atoms with E-state index in [2.05, 4.69) is 19.0 Å². The fraction of sp³-hybridized carbons (Fsp3) is 0.474. The molecule has 2 amide bonds. The summed E-state index contributed by atoms with van der Waals surface area (Å²) in [5.41, 5.74) is 0.519. The third-order valence-electron chi connectivity index (χ3n) is 5.76. The van der Waals surface area contributed by atoms with Crippen molar-refractivity contribution in [2.24, 2.45) is 17.8 Å². The number of carbonyl (C=O) groups is 4. The molecule has 8 nitrogen and oxygen atoms in total. The van der Waals surface area contributed by atoms with Crippen LogP contribution in [0.4, 0.5) is 5.69 Å². The number of hydrogen-bond acceptors (Lipinski definition) is 8. The summed E-state index contributed by atoms with van der Waals surface area (Å²) in [5, 5.41) is 0. The molecule has 3 heterocycles. The van der Waals surface area contributed by atoms with Crippen LogP contribution in [0.25, 0.3) is 0 Å². The third kappa shape index (κ3) is 3.66. The fourth-order valence-electron chi connectivity index (χ4n) is 4.52. The van der Waals surface area contributed by atoms with Crippen molar-refractivity contribution in [2.45, 2.75) is 38.1 Å². The van der Waals surface area contributed by atoms with Crippen molar-refractivity contribution < 1.29 is 32.8 Å². The van der Waals surface area contributed by atoms with Gasteiger partial charge in [-0.15, -0.1) is 0 Å². The van der Waals surface area contributed by atoms with Gasteiger partial charge in [-0.2, -0.15) is 0 Å². The molecule has 0 aromatic heterocycles. The van der Waals surface area contributed by atoms with Crippen LogP contribution in [0.3, 0.4) is 0 Å². The first-order valence-corrected chi connectivity index (χ1v) is 12.5. The van der Waals surface area contributed by atoms with Gasteiger partial charge in [-0.3, -0.25) is 4.79 Å². The number of esters is 1. The van der Waals surface area contributed by atoms with E-state index in [1.54, 1.807) is 30.3 Å². The zero-order valence-corrected chi connectivity index (χ0v) is 18.4. The Morgan fingerprint density at radius 1 is 1.10 bits per heavy atom. The minimum absolute atomic E-state index is 0.180. The number of carbonyl (C=O) groups excluding carboxylic acids is 4. The number of para-hydroxylation sites is 1. The summed E-state index contributed by atoms with van der Waals surface area (Å²) in [6.45, 7) is 1.83. The van der Waals surface area contributed by atoms with Crippen molar-refractivity contribution in [3.8, 4) is 0 Å². The van der Waals surface area contributed by atoms with Gasteiger partial charge in [-0.05, 0) is 12.1 Å². The number of hydrogen-bond donors (Lipinski definition) is 0. The Hall–Kier alpha value is -1.87. The number of anilines is 1. The van der Waals surface area contributed by atoms with Gasteiger partial charge in [0.1, 0.15) is 0 Å². The van der Waals surface area contributed by atoms with Crippen molar-refractivity contribution >= 4 is 57.2 Å². The summed E-state index contributed by atoms with van der Waals surface area (Å²) in [7, 11) is 2.59. The van der Waals surface area contributed by atoms with E-state index in [0.717, 1.165) is 0 Å². The van der Waals surface area contributed by atoms with Gasteiger partial charge >= 0.3 is 140 Å². The van der Waals surface area contributed by atoms with E-state index in [4.69, 9.17) is 13.7 Å². The predicted octanol–water partition coefficient (Wildman–Crippen LogP) is 1.77. The molecular weight excluding hydrogens is 449 g/mol. The molecule has 3 aliphatic heterocycles. The third-order valence-corrected chi connectivity index (χ3v) is 6.52. The molecule has 3 aliphatic rings. The SMILES string of the molecule is CC1C(OC(=O)CCC(=O)OS(#P)=S)C2O[C@H]1[C@@H]1C(=O)N(c3ccccc3)C(=O)C21. The first-order valence-electron chi connectivity index (χ1n) is 9.39. The van der Waals surface area contributed by atoms with Crippen LogP contribution in [-0.4, -0.2) is 42.1 Å². The number of nitrogens with zero attached hydrogens (tertiary/aromatic N) is 1. The summed E-state index contributed by atoms with van der Waals surface area (Å²) >= 11 is 4.66. The molecular formula is C19H18NO7PS2. The van der Waals surface area contributed by atoms with Crippen LogP contribution in [0.1, 0.15) is 19.8 Å². The van der Waals surface area contributed by atoms with Crippen molar-refractivity contribution in [3.05, 3.63) is 30.3 Å². The normalized spacial score (nSPS) is 31.5. The predicted molar refractivity (Wildman–Crippen MR) is 111 cm³/mol. The van der Waals surface area contributed by atoms with Gasteiger partial charge < -0.3 is 0 Å². The van der Waals surface area contributed by atoms with E-state index in [1.807, 2.05) is 6.92 Å². The second kappa shape index (κ2) is 8.34. The average molecular weight is 467 g/mol. The second-order valence-corrected chi connectivity index (χ2v) is 10.7. The molecule has 11 heteroatoms. The number of imide groups is 1. The Bertz CT molecular complexity index is 1040. The van der Waals surface area contributed by atoms with E-state index in [-0.39, 0.29) is 30.6 Å². The first-order chi connectivity index (χ1) is 14.3. The van der Waals surface area contributed by atoms with Crippen LogP contribution in [0, 0.1) is 17.8 Å². The average Bonchev–Trinajstić information content (AvgIpc) is 3.31.